The van der Waals surface area contributed by atoms with E-state index in [4.69, 9.17) is 0 Å². The predicted octanol–water partition coefficient (Wildman–Crippen LogP) is 3.75. The zero-order chi connectivity index (χ0) is 17.5. The summed E-state index contributed by atoms with van der Waals surface area (Å²) in [6.45, 7) is 12.2. The van der Waals surface area contributed by atoms with Crippen molar-refractivity contribution in [2.75, 3.05) is 32.7 Å². The van der Waals surface area contributed by atoms with Gasteiger partial charge in [0, 0.05) is 18.6 Å². The summed E-state index contributed by atoms with van der Waals surface area (Å²) in [4.78, 5) is 5.26. The molecule has 2 saturated heterocycles. The molecule has 3 rings (SSSR count). The van der Waals surface area contributed by atoms with Gasteiger partial charge in [-0.1, -0.05) is 37.3 Å². The molecule has 25 heavy (non-hydrogen) atoms. The first kappa shape index (κ1) is 18.9. The summed E-state index contributed by atoms with van der Waals surface area (Å²) in [5.41, 5.74) is 1.45. The van der Waals surface area contributed by atoms with E-state index in [2.05, 4.69) is 59.3 Å². The van der Waals surface area contributed by atoms with Crippen LogP contribution in [0.1, 0.15) is 51.5 Å². The predicted molar refractivity (Wildman–Crippen MR) is 107 cm³/mol. The fourth-order valence-corrected chi connectivity index (χ4v) is 4.60. The number of rotatable bonds is 7. The van der Waals surface area contributed by atoms with Crippen molar-refractivity contribution < 1.29 is 0 Å². The van der Waals surface area contributed by atoms with Gasteiger partial charge in [-0.3, -0.25) is 4.90 Å². The first-order chi connectivity index (χ1) is 12.2. The Morgan fingerprint density at radius 2 is 1.60 bits per heavy atom. The van der Waals surface area contributed by atoms with Gasteiger partial charge in [-0.05, 0) is 83.2 Å². The average molecular weight is 344 g/mol. The van der Waals surface area contributed by atoms with Crippen molar-refractivity contribution in [1.29, 1.82) is 0 Å². The lowest BCUT2D eigenvalue weighted by molar-refractivity contribution is 0.141. The molecule has 1 N–H and O–H groups in total. The molecule has 2 fully saturated rings. The lowest BCUT2D eigenvalue weighted by Crippen LogP contribution is -2.49. The molecule has 0 saturated carbocycles. The van der Waals surface area contributed by atoms with Crippen LogP contribution >= 0.6 is 0 Å². The SMILES string of the molecule is CCCN1CCC(C(C)NC2CCN(Cc3ccccc3)CC2)CC1. The van der Waals surface area contributed by atoms with Crippen LogP contribution < -0.4 is 5.32 Å². The molecule has 3 nitrogen and oxygen atoms in total. The molecule has 0 bridgehead atoms. The van der Waals surface area contributed by atoms with Crippen LogP contribution in [0.4, 0.5) is 0 Å². The van der Waals surface area contributed by atoms with E-state index in [-0.39, 0.29) is 0 Å². The first-order valence-electron chi connectivity index (χ1n) is 10.5. The number of hydrogen-bond donors (Lipinski definition) is 1. The van der Waals surface area contributed by atoms with Crippen molar-refractivity contribution in [3.8, 4) is 0 Å². The molecular formula is C22H37N3. The van der Waals surface area contributed by atoms with Crippen molar-refractivity contribution in [1.82, 2.24) is 15.1 Å². The Morgan fingerprint density at radius 1 is 0.960 bits per heavy atom. The Kier molecular flexibility index (Phi) is 7.33. The average Bonchev–Trinajstić information content (AvgIpc) is 2.65. The standard InChI is InChI=1S/C22H37N3/c1-3-13-24-14-9-21(10-15-24)19(2)23-22-11-16-25(17-12-22)18-20-7-5-4-6-8-20/h4-8,19,21-23H,3,9-18H2,1-2H3. The summed E-state index contributed by atoms with van der Waals surface area (Å²) in [6, 6.07) is 12.3. The van der Waals surface area contributed by atoms with Gasteiger partial charge >= 0.3 is 0 Å². The summed E-state index contributed by atoms with van der Waals surface area (Å²) in [6.07, 6.45) is 6.64. The topological polar surface area (TPSA) is 18.5 Å². The molecule has 3 heteroatoms. The third kappa shape index (κ3) is 5.80. The largest absolute Gasteiger partial charge is 0.311 e. The molecule has 1 aromatic carbocycles. The summed E-state index contributed by atoms with van der Waals surface area (Å²) < 4.78 is 0. The van der Waals surface area contributed by atoms with E-state index >= 15 is 0 Å². The van der Waals surface area contributed by atoms with E-state index in [1.165, 1.54) is 70.4 Å². The van der Waals surface area contributed by atoms with E-state index in [1.807, 2.05) is 0 Å². The molecule has 0 amide bonds. The molecule has 2 heterocycles. The zero-order valence-electron chi connectivity index (χ0n) is 16.3. The molecule has 1 atom stereocenters. The molecule has 1 aromatic rings. The van der Waals surface area contributed by atoms with Crippen molar-refractivity contribution >= 4 is 0 Å². The molecule has 0 aliphatic carbocycles. The minimum Gasteiger partial charge on any atom is -0.311 e. The Morgan fingerprint density at radius 3 is 2.24 bits per heavy atom. The molecule has 1 unspecified atom stereocenters. The molecule has 140 valence electrons. The number of hydrogen-bond acceptors (Lipinski definition) is 3. The maximum absolute atomic E-state index is 3.97. The van der Waals surface area contributed by atoms with Crippen molar-refractivity contribution in [3.63, 3.8) is 0 Å². The molecule has 0 aromatic heterocycles. The van der Waals surface area contributed by atoms with Crippen LogP contribution in [-0.2, 0) is 6.54 Å². The van der Waals surface area contributed by atoms with Crippen LogP contribution in [-0.4, -0.2) is 54.6 Å². The zero-order valence-corrected chi connectivity index (χ0v) is 16.3. The van der Waals surface area contributed by atoms with Crippen molar-refractivity contribution in [2.24, 2.45) is 5.92 Å². The smallest absolute Gasteiger partial charge is 0.0233 e. The van der Waals surface area contributed by atoms with E-state index < -0.39 is 0 Å². The Bertz CT molecular complexity index is 473. The van der Waals surface area contributed by atoms with Gasteiger partial charge < -0.3 is 10.2 Å². The van der Waals surface area contributed by atoms with Gasteiger partial charge in [-0.15, -0.1) is 0 Å². The third-order valence-electron chi connectivity index (χ3n) is 6.21. The van der Waals surface area contributed by atoms with Crippen molar-refractivity contribution in [3.05, 3.63) is 35.9 Å². The summed E-state index contributed by atoms with van der Waals surface area (Å²) in [5.74, 6) is 0.871. The second kappa shape index (κ2) is 9.70. The number of piperidine rings is 2. The van der Waals surface area contributed by atoms with E-state index in [0.29, 0.717) is 6.04 Å². The highest BCUT2D eigenvalue weighted by Crippen LogP contribution is 2.22. The van der Waals surface area contributed by atoms with Crippen molar-refractivity contribution in [2.45, 2.75) is 64.6 Å². The first-order valence-corrected chi connectivity index (χ1v) is 10.5. The van der Waals surface area contributed by atoms with Crippen LogP contribution in [0.25, 0.3) is 0 Å². The summed E-state index contributed by atoms with van der Waals surface area (Å²) >= 11 is 0. The van der Waals surface area contributed by atoms with Gasteiger partial charge in [0.15, 0.2) is 0 Å². The van der Waals surface area contributed by atoms with Gasteiger partial charge in [0.25, 0.3) is 0 Å². The highest BCUT2D eigenvalue weighted by Gasteiger charge is 2.26. The fourth-order valence-electron chi connectivity index (χ4n) is 4.60. The lowest BCUT2D eigenvalue weighted by Gasteiger charge is -2.38. The molecule has 2 aliphatic heterocycles. The second-order valence-corrected chi connectivity index (χ2v) is 8.17. The third-order valence-corrected chi connectivity index (χ3v) is 6.21. The highest BCUT2D eigenvalue weighted by atomic mass is 15.1. The molecule has 0 radical (unpaired) electrons. The Hall–Kier alpha value is -0.900. The van der Waals surface area contributed by atoms with Gasteiger partial charge in [-0.25, -0.2) is 0 Å². The van der Waals surface area contributed by atoms with Crippen LogP contribution in [0.3, 0.4) is 0 Å². The van der Waals surface area contributed by atoms with Gasteiger partial charge in [0.1, 0.15) is 0 Å². The molecule has 2 aliphatic rings. The highest BCUT2D eigenvalue weighted by molar-refractivity contribution is 5.14. The number of likely N-dealkylation sites (tertiary alicyclic amines) is 2. The van der Waals surface area contributed by atoms with Crippen LogP contribution in [0.15, 0.2) is 30.3 Å². The fraction of sp³-hybridized carbons (Fsp3) is 0.727. The minimum atomic E-state index is 0.675. The monoisotopic (exact) mass is 343 g/mol. The summed E-state index contributed by atoms with van der Waals surface area (Å²) in [7, 11) is 0. The number of nitrogens with one attached hydrogen (secondary N) is 1. The Labute approximate surface area is 154 Å². The van der Waals surface area contributed by atoms with E-state index in [9.17, 15) is 0 Å². The molecule has 0 spiro atoms. The maximum Gasteiger partial charge on any atom is 0.0233 e. The minimum absolute atomic E-state index is 0.675. The lowest BCUT2D eigenvalue weighted by atomic mass is 9.89. The number of benzene rings is 1. The number of nitrogens with zero attached hydrogens (tertiary/aromatic N) is 2. The summed E-state index contributed by atoms with van der Waals surface area (Å²) in [5, 5.41) is 3.97. The van der Waals surface area contributed by atoms with E-state index in [0.717, 1.165) is 18.5 Å². The van der Waals surface area contributed by atoms with E-state index in [1.54, 1.807) is 0 Å². The maximum atomic E-state index is 3.97. The Balaban J connectivity index is 1.36. The van der Waals surface area contributed by atoms with Crippen LogP contribution in [0.2, 0.25) is 0 Å². The normalized spacial score (nSPS) is 23.0. The van der Waals surface area contributed by atoms with Crippen LogP contribution in [0.5, 0.6) is 0 Å². The second-order valence-electron chi connectivity index (χ2n) is 8.17. The van der Waals surface area contributed by atoms with Gasteiger partial charge in [0.2, 0.25) is 0 Å². The quantitative estimate of drug-likeness (QED) is 0.813. The van der Waals surface area contributed by atoms with Gasteiger partial charge in [-0.2, -0.15) is 0 Å². The van der Waals surface area contributed by atoms with Crippen LogP contribution in [0, 0.1) is 5.92 Å². The molecular weight excluding hydrogens is 306 g/mol. The van der Waals surface area contributed by atoms with Gasteiger partial charge in [0.05, 0.1) is 0 Å².